The number of hydrogen-bond acceptors (Lipinski definition) is 1. The Morgan fingerprint density at radius 1 is 1.71 bits per heavy atom. The Morgan fingerprint density at radius 2 is 2.57 bits per heavy atom. The van der Waals surface area contributed by atoms with Crippen molar-refractivity contribution in [2.45, 2.75) is 6.92 Å². The molecule has 7 heavy (non-hydrogen) atoms. The fraction of sp³-hybridized carbons (Fsp3) is 0.200. The highest BCUT2D eigenvalue weighted by molar-refractivity contribution is 14.2. The van der Waals surface area contributed by atoms with Gasteiger partial charge in [0, 0.05) is 26.7 Å². The highest BCUT2D eigenvalue weighted by atomic mass is 127. The summed E-state index contributed by atoms with van der Waals surface area (Å²) in [6.45, 7) is 2.03. The summed E-state index contributed by atoms with van der Waals surface area (Å²) < 4.78 is 6.36. The summed E-state index contributed by atoms with van der Waals surface area (Å²) >= 11 is 0.0506. The fourth-order valence-corrected chi connectivity index (χ4v) is 1.50. The van der Waals surface area contributed by atoms with Crippen LogP contribution in [0.3, 0.4) is 0 Å². The van der Waals surface area contributed by atoms with Crippen molar-refractivity contribution in [2.24, 2.45) is 3.15 Å². The second-order valence-corrected chi connectivity index (χ2v) is 3.07. The maximum Gasteiger partial charge on any atom is 0.0434 e. The van der Waals surface area contributed by atoms with E-state index in [1.54, 1.807) is 0 Å². The van der Waals surface area contributed by atoms with Gasteiger partial charge in [-0.3, -0.25) is 0 Å². The standard InChI is InChI=1S/C5H6IN/c1-5-3-2-4-6-7-5/h2-4H,1H3. The summed E-state index contributed by atoms with van der Waals surface area (Å²) in [5, 5.41) is 0. The molecule has 0 N–H and O–H groups in total. The third kappa shape index (κ3) is 1.51. The van der Waals surface area contributed by atoms with Crippen LogP contribution in [0.5, 0.6) is 0 Å². The molecule has 1 aliphatic rings. The third-order valence-corrected chi connectivity index (χ3v) is 2.42. The summed E-state index contributed by atoms with van der Waals surface area (Å²) in [7, 11) is 0. The monoisotopic (exact) mass is 207 g/mol. The Hall–Kier alpha value is 0.01000. The van der Waals surface area contributed by atoms with Crippen molar-refractivity contribution in [2.75, 3.05) is 0 Å². The van der Waals surface area contributed by atoms with E-state index in [9.17, 15) is 0 Å². The molecule has 0 aromatic rings. The van der Waals surface area contributed by atoms with E-state index in [1.165, 1.54) is 5.70 Å². The Kier molecular flexibility index (Phi) is 1.73. The van der Waals surface area contributed by atoms with Crippen molar-refractivity contribution in [3.63, 3.8) is 0 Å². The van der Waals surface area contributed by atoms with Gasteiger partial charge in [0.25, 0.3) is 0 Å². The molecule has 38 valence electrons. The number of nitrogens with zero attached hydrogens (tertiary/aromatic N) is 1. The van der Waals surface area contributed by atoms with E-state index < -0.39 is 0 Å². The molecule has 0 spiro atoms. The summed E-state index contributed by atoms with van der Waals surface area (Å²) in [5.41, 5.74) is 1.18. The minimum atomic E-state index is 0.0506. The molecule has 0 saturated heterocycles. The average Bonchev–Trinajstić information content (AvgIpc) is 1.69. The van der Waals surface area contributed by atoms with Gasteiger partial charge in [-0.15, -0.1) is 0 Å². The van der Waals surface area contributed by atoms with Gasteiger partial charge >= 0.3 is 0 Å². The van der Waals surface area contributed by atoms with Crippen LogP contribution in [0.2, 0.25) is 0 Å². The van der Waals surface area contributed by atoms with Gasteiger partial charge < -0.3 is 0 Å². The van der Waals surface area contributed by atoms with E-state index in [-0.39, 0.29) is 21.0 Å². The van der Waals surface area contributed by atoms with Crippen LogP contribution in [0.4, 0.5) is 0 Å². The lowest BCUT2D eigenvalue weighted by atomic mass is 10.4. The first-order valence-electron chi connectivity index (χ1n) is 2.07. The second kappa shape index (κ2) is 2.35. The predicted molar refractivity (Wildman–Crippen MR) is 39.3 cm³/mol. The van der Waals surface area contributed by atoms with E-state index in [2.05, 4.69) is 13.3 Å². The van der Waals surface area contributed by atoms with Gasteiger partial charge in [0.1, 0.15) is 0 Å². The molecule has 0 aliphatic carbocycles. The van der Waals surface area contributed by atoms with E-state index in [0.29, 0.717) is 0 Å². The number of allylic oxidation sites excluding steroid dienone is 3. The number of hydrogen-bond donors (Lipinski definition) is 0. The highest BCUT2D eigenvalue weighted by Crippen LogP contribution is 2.13. The van der Waals surface area contributed by atoms with Crippen LogP contribution in [0, 0.1) is 0 Å². The lowest BCUT2D eigenvalue weighted by Gasteiger charge is -1.88. The topological polar surface area (TPSA) is 12.4 Å². The molecule has 0 radical (unpaired) electrons. The van der Waals surface area contributed by atoms with Crippen molar-refractivity contribution in [3.8, 4) is 0 Å². The SMILES string of the molecule is CC1=CC=CI=N1. The Labute approximate surface area is 53.3 Å². The Balaban J connectivity index is 2.82. The Morgan fingerprint density at radius 3 is 2.86 bits per heavy atom. The molecule has 1 heterocycles. The minimum absolute atomic E-state index is 0.0506. The molecule has 0 aromatic heterocycles. The van der Waals surface area contributed by atoms with Crippen LogP contribution >= 0.6 is 21.0 Å². The van der Waals surface area contributed by atoms with Crippen LogP contribution in [0.15, 0.2) is 25.1 Å². The lowest BCUT2D eigenvalue weighted by molar-refractivity contribution is 1.36. The molecule has 0 aromatic carbocycles. The first-order chi connectivity index (χ1) is 3.39. The third-order valence-electron chi connectivity index (χ3n) is 0.649. The van der Waals surface area contributed by atoms with Crippen molar-refractivity contribution in [3.05, 3.63) is 21.9 Å². The van der Waals surface area contributed by atoms with Crippen molar-refractivity contribution in [1.82, 2.24) is 0 Å². The summed E-state index contributed by atoms with van der Waals surface area (Å²) in [5.74, 6) is 0. The quantitative estimate of drug-likeness (QED) is 0.541. The van der Waals surface area contributed by atoms with E-state index in [4.69, 9.17) is 0 Å². The van der Waals surface area contributed by atoms with Gasteiger partial charge in [0.2, 0.25) is 0 Å². The maximum atomic E-state index is 4.21. The smallest absolute Gasteiger partial charge is 0.0434 e. The first kappa shape index (κ1) is 5.15. The summed E-state index contributed by atoms with van der Waals surface area (Å²) in [6, 6.07) is 0. The molecule has 0 atom stereocenters. The highest BCUT2D eigenvalue weighted by Gasteiger charge is 1.80. The lowest BCUT2D eigenvalue weighted by Crippen LogP contribution is -1.62. The number of rotatable bonds is 0. The fourth-order valence-electron chi connectivity index (χ4n) is 0.341. The van der Waals surface area contributed by atoms with E-state index >= 15 is 0 Å². The molecule has 0 unspecified atom stereocenters. The van der Waals surface area contributed by atoms with Crippen molar-refractivity contribution >= 4 is 21.0 Å². The Bertz CT molecular complexity index is 144. The van der Waals surface area contributed by atoms with Crippen LogP contribution in [-0.4, -0.2) is 0 Å². The van der Waals surface area contributed by atoms with Gasteiger partial charge in [-0.25, -0.2) is 3.15 Å². The van der Waals surface area contributed by atoms with Gasteiger partial charge in [-0.1, -0.05) is 6.08 Å². The number of halogens is 1. The van der Waals surface area contributed by atoms with Crippen LogP contribution in [0.25, 0.3) is 0 Å². The van der Waals surface area contributed by atoms with E-state index in [0.717, 1.165) is 0 Å². The molecule has 1 aliphatic heterocycles. The maximum absolute atomic E-state index is 4.21. The zero-order valence-corrected chi connectivity index (χ0v) is 6.21. The zero-order chi connectivity index (χ0) is 5.11. The van der Waals surface area contributed by atoms with Gasteiger partial charge in [-0.05, 0) is 17.1 Å². The molecule has 0 amide bonds. The largest absolute Gasteiger partial charge is 0.227 e. The van der Waals surface area contributed by atoms with Gasteiger partial charge in [0.05, 0.1) is 0 Å². The zero-order valence-electron chi connectivity index (χ0n) is 4.06. The van der Waals surface area contributed by atoms with Crippen LogP contribution < -0.4 is 0 Å². The van der Waals surface area contributed by atoms with Gasteiger partial charge in [0.15, 0.2) is 0 Å². The average molecular weight is 207 g/mol. The van der Waals surface area contributed by atoms with E-state index in [1.807, 2.05) is 13.0 Å². The van der Waals surface area contributed by atoms with Crippen LogP contribution in [0.1, 0.15) is 6.92 Å². The summed E-state index contributed by atoms with van der Waals surface area (Å²) in [6.07, 6.45) is 4.11. The first-order valence-corrected chi connectivity index (χ1v) is 4.28. The van der Waals surface area contributed by atoms with Crippen molar-refractivity contribution in [1.29, 1.82) is 0 Å². The molecule has 1 nitrogen and oxygen atoms in total. The predicted octanol–water partition coefficient (Wildman–Crippen LogP) is 2.57. The minimum Gasteiger partial charge on any atom is -0.227 e. The molecule has 0 saturated carbocycles. The van der Waals surface area contributed by atoms with Crippen molar-refractivity contribution < 1.29 is 0 Å². The molecule has 2 heteroatoms. The van der Waals surface area contributed by atoms with Gasteiger partial charge in [-0.2, -0.15) is 0 Å². The molecule has 0 fully saturated rings. The molecule has 0 bridgehead atoms. The second-order valence-electron chi connectivity index (χ2n) is 1.31. The molecular formula is C5H6IN. The molecular weight excluding hydrogens is 201 g/mol. The normalized spacial score (nSPS) is 18.1. The molecule has 1 rings (SSSR count). The van der Waals surface area contributed by atoms with Crippen LogP contribution in [-0.2, 0) is 0 Å². The summed E-state index contributed by atoms with van der Waals surface area (Å²) in [4.78, 5) is 0.